The summed E-state index contributed by atoms with van der Waals surface area (Å²) in [6.45, 7) is 1.47. The number of hydrogen-bond donors (Lipinski definition) is 4. The maximum absolute atomic E-state index is 11.8. The van der Waals surface area contributed by atoms with Gasteiger partial charge >= 0.3 is 5.97 Å². The maximum atomic E-state index is 11.8. The highest BCUT2D eigenvalue weighted by molar-refractivity contribution is 5.70. The zero-order valence-corrected chi connectivity index (χ0v) is 15.3. The number of aldehydes is 1. The molecule has 0 spiro atoms. The van der Waals surface area contributed by atoms with Gasteiger partial charge in [0.25, 0.3) is 0 Å². The molecule has 0 aliphatic carbocycles. The highest BCUT2D eigenvalue weighted by atomic mass is 16.6. The zero-order valence-electron chi connectivity index (χ0n) is 15.3. The van der Waals surface area contributed by atoms with E-state index in [4.69, 9.17) is 15.6 Å². The summed E-state index contributed by atoms with van der Waals surface area (Å²) in [5, 5.41) is 28.1. The van der Waals surface area contributed by atoms with Crippen molar-refractivity contribution < 1.29 is 29.6 Å². The molecule has 7 nitrogen and oxygen atoms in total. The van der Waals surface area contributed by atoms with Gasteiger partial charge in [0.2, 0.25) is 0 Å². The van der Waals surface area contributed by atoms with E-state index in [-0.39, 0.29) is 6.42 Å². The van der Waals surface area contributed by atoms with Crippen LogP contribution in [0.2, 0.25) is 0 Å². The lowest BCUT2D eigenvalue weighted by Crippen LogP contribution is -2.52. The van der Waals surface area contributed by atoms with Crippen molar-refractivity contribution in [1.82, 2.24) is 0 Å². The first kappa shape index (κ1) is 24.0. The highest BCUT2D eigenvalue weighted by Crippen LogP contribution is 2.13. The molecule has 25 heavy (non-hydrogen) atoms. The molecule has 5 N–H and O–H groups in total. The van der Waals surface area contributed by atoms with Crippen LogP contribution in [0.4, 0.5) is 0 Å². The van der Waals surface area contributed by atoms with E-state index in [2.05, 4.69) is 6.92 Å². The van der Waals surface area contributed by atoms with Crippen molar-refractivity contribution in [1.29, 1.82) is 0 Å². The number of carbonyl (C=O) groups excluding carboxylic acids is 2. The number of rotatable bonds is 16. The largest absolute Gasteiger partial charge is 0.457 e. The van der Waals surface area contributed by atoms with Gasteiger partial charge < -0.3 is 30.6 Å². The number of ether oxygens (including phenoxy) is 1. The third-order valence-electron chi connectivity index (χ3n) is 4.21. The van der Waals surface area contributed by atoms with Crippen LogP contribution in [0.1, 0.15) is 71.1 Å². The van der Waals surface area contributed by atoms with E-state index in [1.807, 2.05) is 0 Å². The van der Waals surface area contributed by atoms with Gasteiger partial charge in [-0.05, 0) is 6.42 Å². The van der Waals surface area contributed by atoms with Gasteiger partial charge in [-0.15, -0.1) is 0 Å². The van der Waals surface area contributed by atoms with Crippen molar-refractivity contribution in [2.75, 3.05) is 6.61 Å². The normalized spacial score (nSPS) is 16.0. The summed E-state index contributed by atoms with van der Waals surface area (Å²) in [5.41, 5.74) is 5.51. The van der Waals surface area contributed by atoms with Gasteiger partial charge in [-0.25, -0.2) is 0 Å². The summed E-state index contributed by atoms with van der Waals surface area (Å²) < 4.78 is 5.04. The molecule has 0 aromatic rings. The minimum atomic E-state index is -1.61. The molecule has 0 aliphatic rings. The molecule has 0 unspecified atom stereocenters. The Morgan fingerprint density at radius 2 is 1.56 bits per heavy atom. The van der Waals surface area contributed by atoms with Crippen molar-refractivity contribution in [3.63, 3.8) is 0 Å². The van der Waals surface area contributed by atoms with Gasteiger partial charge in [-0.1, -0.05) is 58.3 Å². The summed E-state index contributed by atoms with van der Waals surface area (Å²) in [6.07, 6.45) is 6.05. The SMILES string of the molecule is CCCCCCCCCCCC(=O)O[C@@H]([C@H](O)[C@H](O)CO)[C@@H](N)C=O. The fourth-order valence-corrected chi connectivity index (χ4v) is 2.57. The second-order valence-corrected chi connectivity index (χ2v) is 6.49. The summed E-state index contributed by atoms with van der Waals surface area (Å²) in [6, 6.07) is -1.26. The van der Waals surface area contributed by atoms with Gasteiger partial charge in [0.15, 0.2) is 6.10 Å². The first-order chi connectivity index (χ1) is 12.0. The van der Waals surface area contributed by atoms with Crippen LogP contribution >= 0.6 is 0 Å². The van der Waals surface area contributed by atoms with Gasteiger partial charge in [-0.2, -0.15) is 0 Å². The lowest BCUT2D eigenvalue weighted by molar-refractivity contribution is -0.164. The third kappa shape index (κ3) is 11.3. The number of nitrogens with two attached hydrogens (primary N) is 1. The molecule has 0 aromatic heterocycles. The van der Waals surface area contributed by atoms with Crippen LogP contribution in [0.25, 0.3) is 0 Å². The fourth-order valence-electron chi connectivity index (χ4n) is 2.57. The molecular formula is C18H35NO6. The Bertz CT molecular complexity index is 352. The molecule has 0 saturated carbocycles. The number of esters is 1. The highest BCUT2D eigenvalue weighted by Gasteiger charge is 2.33. The molecule has 0 saturated heterocycles. The third-order valence-corrected chi connectivity index (χ3v) is 4.21. The second-order valence-electron chi connectivity index (χ2n) is 6.49. The average molecular weight is 361 g/mol. The second kappa shape index (κ2) is 15.3. The number of carbonyl (C=O) groups is 2. The van der Waals surface area contributed by atoms with Crippen LogP contribution in [-0.4, -0.2) is 58.5 Å². The Hall–Kier alpha value is -1.02. The van der Waals surface area contributed by atoms with E-state index in [0.29, 0.717) is 12.7 Å². The van der Waals surface area contributed by atoms with Gasteiger partial charge in [0.1, 0.15) is 24.5 Å². The lowest BCUT2D eigenvalue weighted by atomic mass is 10.0. The number of unbranched alkanes of at least 4 members (excludes halogenated alkanes) is 8. The first-order valence-corrected chi connectivity index (χ1v) is 9.35. The van der Waals surface area contributed by atoms with Crippen LogP contribution in [0.5, 0.6) is 0 Å². The standard InChI is InChI=1S/C18H35NO6/c1-2-3-4-5-6-7-8-9-10-11-16(23)25-18(14(19)12-20)17(24)15(22)13-21/h12,14-15,17-18,21-22,24H,2-11,13,19H2,1H3/t14-,15+,17+,18+/m0/s1. The summed E-state index contributed by atoms with van der Waals surface area (Å²) >= 11 is 0. The van der Waals surface area contributed by atoms with E-state index in [9.17, 15) is 19.8 Å². The Morgan fingerprint density at radius 3 is 2.04 bits per heavy atom. The van der Waals surface area contributed by atoms with Crippen molar-refractivity contribution in [2.24, 2.45) is 5.73 Å². The van der Waals surface area contributed by atoms with Crippen LogP contribution in [0.3, 0.4) is 0 Å². The predicted molar refractivity (Wildman–Crippen MR) is 94.9 cm³/mol. The lowest BCUT2D eigenvalue weighted by Gasteiger charge is -2.27. The predicted octanol–water partition coefficient (Wildman–Crippen LogP) is 1.06. The van der Waals surface area contributed by atoms with Crippen LogP contribution in [-0.2, 0) is 14.3 Å². The zero-order chi connectivity index (χ0) is 19.1. The number of hydrogen-bond acceptors (Lipinski definition) is 7. The van der Waals surface area contributed by atoms with E-state index in [1.165, 1.54) is 32.1 Å². The molecule has 7 heteroatoms. The molecule has 0 heterocycles. The van der Waals surface area contributed by atoms with E-state index < -0.39 is 36.9 Å². The molecule has 0 amide bonds. The van der Waals surface area contributed by atoms with Crippen molar-refractivity contribution in [3.05, 3.63) is 0 Å². The van der Waals surface area contributed by atoms with Crippen LogP contribution in [0.15, 0.2) is 0 Å². The Kier molecular flexibility index (Phi) is 14.6. The molecule has 0 radical (unpaired) electrons. The maximum Gasteiger partial charge on any atom is 0.306 e. The van der Waals surface area contributed by atoms with E-state index >= 15 is 0 Å². The number of aliphatic hydroxyl groups is 3. The average Bonchev–Trinajstić information content (AvgIpc) is 2.62. The summed E-state index contributed by atoms with van der Waals surface area (Å²) in [5.74, 6) is -0.575. The summed E-state index contributed by atoms with van der Waals surface area (Å²) in [4.78, 5) is 22.6. The molecule has 148 valence electrons. The smallest absolute Gasteiger partial charge is 0.306 e. The van der Waals surface area contributed by atoms with Crippen LogP contribution < -0.4 is 5.73 Å². The van der Waals surface area contributed by atoms with Crippen molar-refractivity contribution in [3.8, 4) is 0 Å². The number of aliphatic hydroxyl groups excluding tert-OH is 3. The Balaban J connectivity index is 4.01. The quantitative estimate of drug-likeness (QED) is 0.184. The minimum absolute atomic E-state index is 0.167. The van der Waals surface area contributed by atoms with Crippen LogP contribution in [0, 0.1) is 0 Å². The first-order valence-electron chi connectivity index (χ1n) is 9.35. The topological polar surface area (TPSA) is 130 Å². The minimum Gasteiger partial charge on any atom is -0.457 e. The van der Waals surface area contributed by atoms with Crippen molar-refractivity contribution >= 4 is 12.3 Å². The molecule has 0 rings (SSSR count). The Labute approximate surface area is 150 Å². The van der Waals surface area contributed by atoms with Gasteiger partial charge in [0.05, 0.1) is 6.61 Å². The molecular weight excluding hydrogens is 326 g/mol. The van der Waals surface area contributed by atoms with Crippen molar-refractivity contribution in [2.45, 2.75) is 95.5 Å². The Morgan fingerprint density at radius 1 is 1.04 bits per heavy atom. The molecule has 0 fully saturated rings. The molecule has 0 aliphatic heterocycles. The van der Waals surface area contributed by atoms with Gasteiger partial charge in [0, 0.05) is 6.42 Å². The molecule has 4 atom stereocenters. The van der Waals surface area contributed by atoms with E-state index in [1.54, 1.807) is 0 Å². The monoisotopic (exact) mass is 361 g/mol. The molecule has 0 aromatic carbocycles. The molecule has 0 bridgehead atoms. The summed E-state index contributed by atoms with van der Waals surface area (Å²) in [7, 11) is 0. The fraction of sp³-hybridized carbons (Fsp3) is 0.889. The van der Waals surface area contributed by atoms with E-state index in [0.717, 1.165) is 19.3 Å². The van der Waals surface area contributed by atoms with Gasteiger partial charge in [-0.3, -0.25) is 4.79 Å².